The fraction of sp³-hybridized carbons (Fsp3) is 0.467. The average molecular weight is 278 g/mol. The van der Waals surface area contributed by atoms with Crippen molar-refractivity contribution >= 4 is 17.5 Å². The monoisotopic (exact) mass is 278 g/mol. The number of amides is 2. The van der Waals surface area contributed by atoms with Crippen molar-refractivity contribution in [3.8, 4) is 0 Å². The van der Waals surface area contributed by atoms with Crippen LogP contribution in [0.4, 0.5) is 5.69 Å². The summed E-state index contributed by atoms with van der Waals surface area (Å²) in [6.45, 7) is 4.40. The second-order valence-corrected chi connectivity index (χ2v) is 4.83. The molecule has 0 saturated carbocycles. The topological polar surface area (TPSA) is 78.4 Å². The maximum atomic E-state index is 11.7. The number of nitrogens with one attached hydrogen (secondary N) is 2. The molecule has 1 aromatic rings. The molecule has 110 valence electrons. The summed E-state index contributed by atoms with van der Waals surface area (Å²) in [5, 5.41) is 13.9. The van der Waals surface area contributed by atoms with Gasteiger partial charge in [-0.25, -0.2) is 0 Å². The molecule has 1 atom stereocenters. The summed E-state index contributed by atoms with van der Waals surface area (Å²) in [5.41, 5.74) is 1.77. The van der Waals surface area contributed by atoms with Crippen molar-refractivity contribution in [1.29, 1.82) is 0 Å². The van der Waals surface area contributed by atoms with Gasteiger partial charge in [0.05, 0.1) is 0 Å². The van der Waals surface area contributed by atoms with Crippen LogP contribution in [0.25, 0.3) is 0 Å². The molecule has 0 aliphatic heterocycles. The molecule has 0 saturated heterocycles. The van der Waals surface area contributed by atoms with Gasteiger partial charge in [0, 0.05) is 18.8 Å². The van der Waals surface area contributed by atoms with E-state index in [0.717, 1.165) is 6.42 Å². The van der Waals surface area contributed by atoms with Crippen molar-refractivity contribution in [2.45, 2.75) is 26.7 Å². The molecular formula is C15H22N2O3. The largest absolute Gasteiger partial charge is 0.396 e. The smallest absolute Gasteiger partial charge is 0.313 e. The molecule has 0 aliphatic carbocycles. The predicted octanol–water partition coefficient (Wildman–Crippen LogP) is 1.32. The second-order valence-electron chi connectivity index (χ2n) is 4.83. The van der Waals surface area contributed by atoms with Crippen LogP contribution in [-0.2, 0) is 16.0 Å². The van der Waals surface area contributed by atoms with E-state index in [1.165, 1.54) is 5.56 Å². The van der Waals surface area contributed by atoms with Gasteiger partial charge in [-0.05, 0) is 36.5 Å². The van der Waals surface area contributed by atoms with Crippen LogP contribution in [0.15, 0.2) is 24.3 Å². The van der Waals surface area contributed by atoms with E-state index in [4.69, 9.17) is 5.11 Å². The first-order valence-corrected chi connectivity index (χ1v) is 6.85. The Morgan fingerprint density at radius 2 is 1.85 bits per heavy atom. The summed E-state index contributed by atoms with van der Waals surface area (Å²) in [6, 6.07) is 7.38. The maximum absolute atomic E-state index is 11.7. The van der Waals surface area contributed by atoms with E-state index in [1.807, 2.05) is 19.1 Å². The first-order chi connectivity index (χ1) is 9.56. The van der Waals surface area contributed by atoms with E-state index in [1.54, 1.807) is 12.1 Å². The van der Waals surface area contributed by atoms with Crippen LogP contribution in [0.2, 0.25) is 0 Å². The molecule has 2 amide bonds. The van der Waals surface area contributed by atoms with Crippen LogP contribution >= 0.6 is 0 Å². The fourth-order valence-electron chi connectivity index (χ4n) is 1.68. The zero-order chi connectivity index (χ0) is 15.0. The molecule has 1 unspecified atom stereocenters. The molecular weight excluding hydrogens is 256 g/mol. The van der Waals surface area contributed by atoms with Crippen LogP contribution < -0.4 is 10.6 Å². The van der Waals surface area contributed by atoms with Crippen molar-refractivity contribution in [2.24, 2.45) is 5.92 Å². The molecule has 0 aliphatic rings. The third kappa shape index (κ3) is 5.40. The van der Waals surface area contributed by atoms with E-state index in [9.17, 15) is 9.59 Å². The quantitative estimate of drug-likeness (QED) is 0.687. The highest BCUT2D eigenvalue weighted by Crippen LogP contribution is 2.09. The third-order valence-corrected chi connectivity index (χ3v) is 3.06. The number of carbonyl (C=O) groups is 2. The highest BCUT2D eigenvalue weighted by molar-refractivity contribution is 6.39. The average Bonchev–Trinajstić information content (AvgIpc) is 2.45. The van der Waals surface area contributed by atoms with Crippen LogP contribution in [0.5, 0.6) is 0 Å². The minimum absolute atomic E-state index is 0.0764. The minimum atomic E-state index is -0.676. The summed E-state index contributed by atoms with van der Waals surface area (Å²) in [5.74, 6) is -1.19. The Morgan fingerprint density at radius 1 is 1.20 bits per heavy atom. The Morgan fingerprint density at radius 3 is 2.40 bits per heavy atom. The summed E-state index contributed by atoms with van der Waals surface area (Å²) in [7, 11) is 0. The molecule has 0 heterocycles. The van der Waals surface area contributed by atoms with Crippen molar-refractivity contribution in [2.75, 3.05) is 18.5 Å². The number of rotatable bonds is 6. The molecule has 0 fully saturated rings. The van der Waals surface area contributed by atoms with E-state index in [2.05, 4.69) is 17.6 Å². The number of benzene rings is 1. The van der Waals surface area contributed by atoms with Crippen LogP contribution in [-0.4, -0.2) is 30.1 Å². The molecule has 5 nitrogen and oxygen atoms in total. The van der Waals surface area contributed by atoms with Gasteiger partial charge in [0.15, 0.2) is 0 Å². The summed E-state index contributed by atoms with van der Waals surface area (Å²) in [6.07, 6.45) is 1.53. The molecule has 5 heteroatoms. The Balaban J connectivity index is 2.42. The predicted molar refractivity (Wildman–Crippen MR) is 78.3 cm³/mol. The van der Waals surface area contributed by atoms with Gasteiger partial charge in [-0.15, -0.1) is 0 Å². The Bertz CT molecular complexity index is 443. The Labute approximate surface area is 119 Å². The minimum Gasteiger partial charge on any atom is -0.396 e. The van der Waals surface area contributed by atoms with Crippen molar-refractivity contribution in [1.82, 2.24) is 5.32 Å². The maximum Gasteiger partial charge on any atom is 0.313 e. The lowest BCUT2D eigenvalue weighted by atomic mass is 10.1. The van der Waals surface area contributed by atoms with Gasteiger partial charge >= 0.3 is 11.8 Å². The standard InChI is InChI=1S/C15H22N2O3/c1-3-12-4-6-13(7-5-12)17-15(20)14(19)16-10-11(2)8-9-18/h4-7,11,18H,3,8-10H2,1-2H3,(H,16,19)(H,17,20). The lowest BCUT2D eigenvalue weighted by Gasteiger charge is -2.11. The highest BCUT2D eigenvalue weighted by atomic mass is 16.3. The first kappa shape index (κ1) is 16.2. The molecule has 20 heavy (non-hydrogen) atoms. The van der Waals surface area contributed by atoms with Gasteiger partial charge in [-0.3, -0.25) is 9.59 Å². The first-order valence-electron chi connectivity index (χ1n) is 6.85. The van der Waals surface area contributed by atoms with Crippen molar-refractivity contribution in [3.05, 3.63) is 29.8 Å². The zero-order valence-electron chi connectivity index (χ0n) is 12.0. The molecule has 1 aromatic carbocycles. The number of aliphatic hydroxyl groups is 1. The lowest BCUT2D eigenvalue weighted by molar-refractivity contribution is -0.136. The zero-order valence-corrected chi connectivity index (χ0v) is 12.0. The molecule has 0 spiro atoms. The molecule has 1 rings (SSSR count). The third-order valence-electron chi connectivity index (χ3n) is 3.06. The Hall–Kier alpha value is -1.88. The summed E-state index contributed by atoms with van der Waals surface area (Å²) >= 11 is 0. The van der Waals surface area contributed by atoms with Crippen LogP contribution in [0.1, 0.15) is 25.8 Å². The lowest BCUT2D eigenvalue weighted by Crippen LogP contribution is -2.37. The SMILES string of the molecule is CCc1ccc(NC(=O)C(=O)NCC(C)CCO)cc1. The second kappa shape index (κ2) is 8.32. The Kier molecular flexibility index (Phi) is 6.73. The van der Waals surface area contributed by atoms with Gasteiger partial charge in [0.25, 0.3) is 0 Å². The molecule has 3 N–H and O–H groups in total. The van der Waals surface area contributed by atoms with E-state index in [0.29, 0.717) is 18.7 Å². The number of hydrogen-bond acceptors (Lipinski definition) is 3. The van der Waals surface area contributed by atoms with Gasteiger partial charge in [-0.1, -0.05) is 26.0 Å². The molecule has 0 aromatic heterocycles. The van der Waals surface area contributed by atoms with Crippen LogP contribution in [0.3, 0.4) is 0 Å². The van der Waals surface area contributed by atoms with Crippen molar-refractivity contribution < 1.29 is 14.7 Å². The normalized spacial score (nSPS) is 11.8. The fourth-order valence-corrected chi connectivity index (χ4v) is 1.68. The van der Waals surface area contributed by atoms with E-state index >= 15 is 0 Å². The molecule has 0 bridgehead atoms. The number of anilines is 1. The van der Waals surface area contributed by atoms with Gasteiger partial charge in [0.2, 0.25) is 0 Å². The summed E-state index contributed by atoms with van der Waals surface area (Å²) in [4.78, 5) is 23.3. The van der Waals surface area contributed by atoms with Crippen molar-refractivity contribution in [3.63, 3.8) is 0 Å². The van der Waals surface area contributed by atoms with E-state index < -0.39 is 11.8 Å². The van der Waals surface area contributed by atoms with Crippen LogP contribution in [0, 0.1) is 5.92 Å². The van der Waals surface area contributed by atoms with Gasteiger partial charge in [-0.2, -0.15) is 0 Å². The molecule has 0 radical (unpaired) electrons. The summed E-state index contributed by atoms with van der Waals surface area (Å²) < 4.78 is 0. The highest BCUT2D eigenvalue weighted by Gasteiger charge is 2.14. The number of carbonyl (C=O) groups excluding carboxylic acids is 2. The van der Waals surface area contributed by atoms with E-state index in [-0.39, 0.29) is 12.5 Å². The number of aliphatic hydroxyl groups excluding tert-OH is 1. The van der Waals surface area contributed by atoms with Gasteiger partial charge < -0.3 is 15.7 Å². The number of hydrogen-bond donors (Lipinski definition) is 3. The number of aryl methyl sites for hydroxylation is 1. The van der Waals surface area contributed by atoms with Gasteiger partial charge in [0.1, 0.15) is 0 Å².